The van der Waals surface area contributed by atoms with Crippen molar-refractivity contribution in [2.75, 3.05) is 5.75 Å². The fourth-order valence-electron chi connectivity index (χ4n) is 4.28. The minimum Gasteiger partial charge on any atom is -0.345 e. The molecule has 0 atom stereocenters. The first-order chi connectivity index (χ1) is 15.0. The topological polar surface area (TPSA) is 74.2 Å². The van der Waals surface area contributed by atoms with E-state index in [2.05, 4.69) is 28.3 Å². The van der Waals surface area contributed by atoms with E-state index in [0.717, 1.165) is 22.5 Å². The number of carbonyl (C=O) groups is 1. The lowest BCUT2D eigenvalue weighted by Crippen LogP contribution is -2.22. The average molecular weight is 434 g/mol. The number of hydrogen-bond donors (Lipinski definition) is 0. The highest BCUT2D eigenvalue weighted by Crippen LogP contribution is 2.38. The molecule has 4 aromatic rings. The summed E-state index contributed by atoms with van der Waals surface area (Å²) in [5, 5.41) is 9.73. The number of allylic oxidation sites excluding steroid dienone is 1. The number of ketones is 1. The van der Waals surface area contributed by atoms with Crippen LogP contribution in [0.1, 0.15) is 40.6 Å². The van der Waals surface area contributed by atoms with Gasteiger partial charge < -0.3 is 4.57 Å². The zero-order valence-corrected chi connectivity index (χ0v) is 18.4. The van der Waals surface area contributed by atoms with E-state index in [1.54, 1.807) is 16.7 Å². The zero-order chi connectivity index (χ0) is 21.7. The molecule has 8 heteroatoms. The number of para-hydroxylation sites is 1. The largest absolute Gasteiger partial charge is 0.345 e. The van der Waals surface area contributed by atoms with Gasteiger partial charge in [0, 0.05) is 29.5 Å². The minimum absolute atomic E-state index is 0.0745. The second-order valence-corrected chi connectivity index (χ2v) is 8.88. The van der Waals surface area contributed by atoms with Crippen LogP contribution in [0.5, 0.6) is 0 Å². The van der Waals surface area contributed by atoms with Gasteiger partial charge in [-0.1, -0.05) is 30.0 Å². The molecule has 0 saturated heterocycles. The van der Waals surface area contributed by atoms with Crippen molar-refractivity contribution in [2.45, 2.75) is 44.4 Å². The normalized spacial score (nSPS) is 13.9. The number of nitrogens with zero attached hydrogens (tertiary/aromatic N) is 5. The number of hydrogen-bond acceptors (Lipinski definition) is 5. The molecule has 1 saturated carbocycles. The van der Waals surface area contributed by atoms with Gasteiger partial charge in [0.15, 0.2) is 10.9 Å². The molecule has 0 spiro atoms. The lowest BCUT2D eigenvalue weighted by atomic mass is 10.2. The maximum absolute atomic E-state index is 13.0. The van der Waals surface area contributed by atoms with Crippen LogP contribution in [-0.4, -0.2) is 35.3 Å². The number of carbonyl (C=O) groups excluding carboxylic acids is 1. The summed E-state index contributed by atoms with van der Waals surface area (Å²) in [5.74, 6) is 0.779. The van der Waals surface area contributed by atoms with Crippen molar-refractivity contribution < 1.29 is 4.79 Å². The van der Waals surface area contributed by atoms with Gasteiger partial charge >= 0.3 is 0 Å². The summed E-state index contributed by atoms with van der Waals surface area (Å²) in [4.78, 5) is 25.9. The van der Waals surface area contributed by atoms with E-state index in [1.165, 1.54) is 24.6 Å². The van der Waals surface area contributed by atoms with Gasteiger partial charge in [0.05, 0.1) is 16.7 Å². The number of fused-ring (bicyclic) bond motifs is 3. The molecule has 0 unspecified atom stereocenters. The molecule has 158 valence electrons. The Morgan fingerprint density at radius 2 is 2.03 bits per heavy atom. The monoisotopic (exact) mass is 433 g/mol. The van der Waals surface area contributed by atoms with E-state index in [0.29, 0.717) is 28.9 Å². The molecule has 0 bridgehead atoms. The molecule has 1 fully saturated rings. The predicted octanol–water partition coefficient (Wildman–Crippen LogP) is 3.96. The fraction of sp³-hybridized carbons (Fsp3) is 0.304. The first kappa shape index (κ1) is 19.8. The number of aromatic nitrogens is 5. The van der Waals surface area contributed by atoms with Crippen molar-refractivity contribution >= 4 is 34.2 Å². The van der Waals surface area contributed by atoms with Crippen molar-refractivity contribution in [3.8, 4) is 0 Å². The number of Topliss-reactive ketones (excluding diaryl/α,β-unsaturated/α-hetero) is 1. The molecule has 0 amide bonds. The molecule has 3 aromatic heterocycles. The molecule has 0 aliphatic heterocycles. The SMILES string of the molecule is C=CCn1c(=O)c2ccccc2n2c(SCC(=O)c3cc(C)n(C4CC4)c3C)nnc12. The van der Waals surface area contributed by atoms with Crippen LogP contribution in [0.15, 0.2) is 52.9 Å². The molecular weight excluding hydrogens is 410 g/mol. The van der Waals surface area contributed by atoms with Gasteiger partial charge in [-0.25, -0.2) is 0 Å². The Labute approximate surface area is 183 Å². The van der Waals surface area contributed by atoms with Crippen LogP contribution in [0.2, 0.25) is 0 Å². The smallest absolute Gasteiger partial charge is 0.263 e. The summed E-state index contributed by atoms with van der Waals surface area (Å²) in [6.07, 6.45) is 4.03. The molecule has 5 rings (SSSR count). The lowest BCUT2D eigenvalue weighted by Gasteiger charge is -2.09. The van der Waals surface area contributed by atoms with E-state index >= 15 is 0 Å². The van der Waals surface area contributed by atoms with Crippen molar-refractivity contribution in [2.24, 2.45) is 0 Å². The standard InChI is InChI=1S/C23H23N5O2S/c1-4-11-26-21(30)17-7-5-6-8-19(17)28-22(26)24-25-23(28)31-13-20(29)18-12-14(2)27(15(18)3)16-9-10-16/h4-8,12,16H,1,9-11,13H2,2-3H3. The maximum atomic E-state index is 13.0. The Bertz CT molecular complexity index is 1410. The van der Waals surface area contributed by atoms with E-state index in [-0.39, 0.29) is 17.1 Å². The van der Waals surface area contributed by atoms with Crippen LogP contribution in [0.4, 0.5) is 0 Å². The number of benzene rings is 1. The first-order valence-electron chi connectivity index (χ1n) is 10.3. The van der Waals surface area contributed by atoms with E-state index in [4.69, 9.17) is 0 Å². The molecule has 31 heavy (non-hydrogen) atoms. The zero-order valence-electron chi connectivity index (χ0n) is 17.5. The highest BCUT2D eigenvalue weighted by molar-refractivity contribution is 7.99. The fourth-order valence-corrected chi connectivity index (χ4v) is 5.11. The van der Waals surface area contributed by atoms with Gasteiger partial charge in [0.1, 0.15) is 0 Å². The van der Waals surface area contributed by atoms with E-state index < -0.39 is 0 Å². The molecular formula is C23H23N5O2S. The summed E-state index contributed by atoms with van der Waals surface area (Å²) < 4.78 is 5.69. The maximum Gasteiger partial charge on any atom is 0.263 e. The van der Waals surface area contributed by atoms with Crippen LogP contribution in [0, 0.1) is 13.8 Å². The number of rotatable bonds is 7. The van der Waals surface area contributed by atoms with Gasteiger partial charge in [0.25, 0.3) is 5.56 Å². The average Bonchev–Trinajstić information content (AvgIpc) is 3.43. The third-order valence-electron chi connectivity index (χ3n) is 5.82. The Morgan fingerprint density at radius 3 is 2.77 bits per heavy atom. The van der Waals surface area contributed by atoms with E-state index in [9.17, 15) is 9.59 Å². The second-order valence-electron chi connectivity index (χ2n) is 7.94. The summed E-state index contributed by atoms with van der Waals surface area (Å²) in [5.41, 5.74) is 3.56. The van der Waals surface area contributed by atoms with Crippen molar-refractivity contribution in [3.05, 3.63) is 70.3 Å². The Hall–Kier alpha value is -3.13. The summed E-state index contributed by atoms with van der Waals surface area (Å²) in [7, 11) is 0. The first-order valence-corrected chi connectivity index (χ1v) is 11.3. The molecule has 7 nitrogen and oxygen atoms in total. The van der Waals surface area contributed by atoms with Gasteiger partial charge in [-0.2, -0.15) is 0 Å². The van der Waals surface area contributed by atoms with Gasteiger partial charge in [-0.3, -0.25) is 18.6 Å². The van der Waals surface area contributed by atoms with Gasteiger partial charge in [0.2, 0.25) is 5.78 Å². The molecule has 1 aliphatic carbocycles. The molecule has 1 aliphatic rings. The molecule has 0 radical (unpaired) electrons. The summed E-state index contributed by atoms with van der Waals surface area (Å²) in [6.45, 7) is 8.17. The lowest BCUT2D eigenvalue weighted by molar-refractivity contribution is 0.102. The Kier molecular flexibility index (Phi) is 4.81. The summed E-state index contributed by atoms with van der Waals surface area (Å²) in [6, 6.07) is 9.93. The molecule has 3 heterocycles. The third kappa shape index (κ3) is 3.22. The van der Waals surface area contributed by atoms with Crippen LogP contribution < -0.4 is 5.56 Å². The van der Waals surface area contributed by atoms with Gasteiger partial charge in [-0.15, -0.1) is 16.8 Å². The van der Waals surface area contributed by atoms with Crippen LogP contribution in [0.25, 0.3) is 16.7 Å². The van der Waals surface area contributed by atoms with Crippen molar-refractivity contribution in [3.63, 3.8) is 0 Å². The molecule has 0 N–H and O–H groups in total. The highest BCUT2D eigenvalue weighted by Gasteiger charge is 2.28. The number of aryl methyl sites for hydroxylation is 1. The van der Waals surface area contributed by atoms with Crippen molar-refractivity contribution in [1.29, 1.82) is 0 Å². The van der Waals surface area contributed by atoms with Crippen LogP contribution in [-0.2, 0) is 6.54 Å². The Morgan fingerprint density at radius 1 is 1.26 bits per heavy atom. The third-order valence-corrected chi connectivity index (χ3v) is 6.75. The highest BCUT2D eigenvalue weighted by atomic mass is 32.2. The van der Waals surface area contributed by atoms with Crippen LogP contribution in [0.3, 0.4) is 0 Å². The van der Waals surface area contributed by atoms with E-state index in [1.807, 2.05) is 35.6 Å². The van der Waals surface area contributed by atoms with Gasteiger partial charge in [-0.05, 0) is 44.9 Å². The quantitative estimate of drug-likeness (QED) is 0.251. The predicted molar refractivity (Wildman–Crippen MR) is 122 cm³/mol. The minimum atomic E-state index is -0.129. The van der Waals surface area contributed by atoms with Crippen molar-refractivity contribution in [1.82, 2.24) is 23.7 Å². The second kappa shape index (κ2) is 7.53. The number of thioether (sulfide) groups is 1. The Balaban J connectivity index is 1.52. The van der Waals surface area contributed by atoms with Crippen LogP contribution >= 0.6 is 11.8 Å². The molecule has 1 aromatic carbocycles. The summed E-state index contributed by atoms with van der Waals surface area (Å²) >= 11 is 1.34.